The number of methoxy groups -OCH3 is 1. The maximum atomic E-state index is 11.3. The van der Waals surface area contributed by atoms with Gasteiger partial charge in [-0.3, -0.25) is 4.90 Å². The van der Waals surface area contributed by atoms with E-state index in [1.54, 1.807) is 12.1 Å². The molecular weight excluding hydrogens is 266 g/mol. The minimum absolute atomic E-state index is 0.257. The Kier molecular flexibility index (Phi) is 4.15. The van der Waals surface area contributed by atoms with E-state index in [1.807, 2.05) is 6.07 Å². The highest BCUT2D eigenvalue weighted by molar-refractivity contribution is 5.91. The molecule has 3 rings (SSSR count). The summed E-state index contributed by atoms with van der Waals surface area (Å²) >= 11 is 0. The largest absolute Gasteiger partial charge is 0.496 e. The number of benzene rings is 1. The molecule has 2 saturated carbocycles. The van der Waals surface area contributed by atoms with Gasteiger partial charge in [-0.05, 0) is 55.2 Å². The van der Waals surface area contributed by atoms with E-state index in [9.17, 15) is 9.90 Å². The molecule has 0 amide bonds. The van der Waals surface area contributed by atoms with Crippen LogP contribution in [0.1, 0.15) is 41.6 Å². The number of hydrogen-bond donors (Lipinski definition) is 1. The predicted molar refractivity (Wildman–Crippen MR) is 80.7 cm³/mol. The van der Waals surface area contributed by atoms with Crippen LogP contribution in [0.5, 0.6) is 5.75 Å². The Morgan fingerprint density at radius 2 is 1.86 bits per heavy atom. The van der Waals surface area contributed by atoms with Gasteiger partial charge < -0.3 is 9.84 Å². The zero-order chi connectivity index (χ0) is 14.8. The van der Waals surface area contributed by atoms with Crippen LogP contribution in [0.25, 0.3) is 0 Å². The first-order chi connectivity index (χ1) is 10.2. The third-order valence-electron chi connectivity index (χ3n) is 4.33. The highest BCUT2D eigenvalue weighted by Gasteiger charge is 2.29. The molecule has 0 aliphatic heterocycles. The van der Waals surface area contributed by atoms with Crippen molar-refractivity contribution in [1.82, 2.24) is 4.90 Å². The van der Waals surface area contributed by atoms with E-state index < -0.39 is 5.97 Å². The average Bonchev–Trinajstić information content (AvgIpc) is 3.35. The second-order valence-electron chi connectivity index (χ2n) is 6.42. The lowest BCUT2D eigenvalue weighted by atomic mass is 10.1. The first-order valence-corrected chi connectivity index (χ1v) is 7.78. The van der Waals surface area contributed by atoms with Crippen LogP contribution in [0.3, 0.4) is 0 Å². The molecule has 21 heavy (non-hydrogen) atoms. The highest BCUT2D eigenvalue weighted by atomic mass is 16.5. The maximum Gasteiger partial charge on any atom is 0.339 e. The Labute approximate surface area is 125 Å². The number of carboxylic acid groups (broad SMARTS) is 1. The Bertz CT molecular complexity index is 507. The third-order valence-corrected chi connectivity index (χ3v) is 4.33. The normalized spacial score (nSPS) is 18.0. The number of rotatable bonds is 8. The van der Waals surface area contributed by atoms with Crippen LogP contribution in [0, 0.1) is 11.8 Å². The van der Waals surface area contributed by atoms with Crippen molar-refractivity contribution >= 4 is 5.97 Å². The van der Waals surface area contributed by atoms with Gasteiger partial charge in [0.1, 0.15) is 11.3 Å². The van der Waals surface area contributed by atoms with Gasteiger partial charge in [0.05, 0.1) is 7.11 Å². The summed E-state index contributed by atoms with van der Waals surface area (Å²) in [7, 11) is 1.51. The zero-order valence-corrected chi connectivity index (χ0v) is 12.5. The fourth-order valence-electron chi connectivity index (χ4n) is 2.81. The lowest BCUT2D eigenvalue weighted by Crippen LogP contribution is -2.28. The molecule has 2 aliphatic carbocycles. The van der Waals surface area contributed by atoms with Crippen molar-refractivity contribution in [2.24, 2.45) is 11.8 Å². The summed E-state index contributed by atoms with van der Waals surface area (Å²) in [6, 6.07) is 5.51. The number of carbonyl (C=O) groups is 1. The van der Waals surface area contributed by atoms with Gasteiger partial charge in [0.2, 0.25) is 0 Å². The van der Waals surface area contributed by atoms with Crippen molar-refractivity contribution in [2.45, 2.75) is 32.2 Å². The molecule has 0 heterocycles. The molecule has 114 valence electrons. The molecule has 0 spiro atoms. The number of ether oxygens (including phenoxy) is 1. The van der Waals surface area contributed by atoms with Crippen molar-refractivity contribution in [1.29, 1.82) is 0 Å². The van der Waals surface area contributed by atoms with Gasteiger partial charge in [-0.25, -0.2) is 4.79 Å². The Hall–Kier alpha value is -1.55. The molecule has 4 heteroatoms. The molecule has 0 radical (unpaired) electrons. The molecule has 0 unspecified atom stereocenters. The summed E-state index contributed by atoms with van der Waals surface area (Å²) in [6.07, 6.45) is 5.41. The summed E-state index contributed by atoms with van der Waals surface area (Å²) in [6.45, 7) is 3.16. The van der Waals surface area contributed by atoms with E-state index >= 15 is 0 Å². The molecule has 1 aromatic rings. The van der Waals surface area contributed by atoms with Crippen LogP contribution in [-0.4, -0.2) is 36.2 Å². The zero-order valence-electron chi connectivity index (χ0n) is 12.5. The molecule has 0 bridgehead atoms. The van der Waals surface area contributed by atoms with Crippen LogP contribution in [0.4, 0.5) is 0 Å². The first kappa shape index (κ1) is 14.4. The van der Waals surface area contributed by atoms with Crippen LogP contribution >= 0.6 is 0 Å². The van der Waals surface area contributed by atoms with Crippen LogP contribution in [0.2, 0.25) is 0 Å². The number of hydrogen-bond acceptors (Lipinski definition) is 3. The molecule has 2 aliphatic rings. The standard InChI is InChI=1S/C17H23NO3/c1-21-16-7-6-14(8-15(16)17(19)20)11-18(9-12-2-3-12)10-13-4-5-13/h6-8,12-13H,2-5,9-11H2,1H3,(H,19,20). The molecule has 1 N–H and O–H groups in total. The van der Waals surface area contributed by atoms with Crippen molar-refractivity contribution in [3.05, 3.63) is 29.3 Å². The fourth-order valence-corrected chi connectivity index (χ4v) is 2.81. The Balaban J connectivity index is 1.71. The fraction of sp³-hybridized carbons (Fsp3) is 0.588. The number of carboxylic acids is 1. The van der Waals surface area contributed by atoms with E-state index in [1.165, 1.54) is 32.8 Å². The van der Waals surface area contributed by atoms with Gasteiger partial charge in [0, 0.05) is 19.6 Å². The summed E-state index contributed by atoms with van der Waals surface area (Å²) in [5.74, 6) is 1.23. The van der Waals surface area contributed by atoms with Gasteiger partial charge in [-0.1, -0.05) is 6.07 Å². The van der Waals surface area contributed by atoms with Crippen molar-refractivity contribution in [2.75, 3.05) is 20.2 Å². The van der Waals surface area contributed by atoms with E-state index in [0.717, 1.165) is 37.0 Å². The summed E-state index contributed by atoms with van der Waals surface area (Å²) < 4.78 is 5.12. The molecule has 2 fully saturated rings. The van der Waals surface area contributed by atoms with Gasteiger partial charge in [0.15, 0.2) is 0 Å². The third kappa shape index (κ3) is 3.97. The quantitative estimate of drug-likeness (QED) is 0.799. The van der Waals surface area contributed by atoms with Gasteiger partial charge in [0.25, 0.3) is 0 Å². The molecular formula is C17H23NO3. The molecule has 0 atom stereocenters. The maximum absolute atomic E-state index is 11.3. The Morgan fingerprint density at radius 3 is 2.33 bits per heavy atom. The first-order valence-electron chi connectivity index (χ1n) is 7.78. The number of aromatic carboxylic acids is 1. The van der Waals surface area contributed by atoms with Gasteiger partial charge in [-0.2, -0.15) is 0 Å². The second-order valence-corrected chi connectivity index (χ2v) is 6.42. The van der Waals surface area contributed by atoms with E-state index in [2.05, 4.69) is 4.90 Å². The van der Waals surface area contributed by atoms with E-state index in [-0.39, 0.29) is 5.56 Å². The van der Waals surface area contributed by atoms with Crippen molar-refractivity contribution < 1.29 is 14.6 Å². The summed E-state index contributed by atoms with van der Waals surface area (Å²) in [4.78, 5) is 13.8. The van der Waals surface area contributed by atoms with E-state index in [4.69, 9.17) is 4.74 Å². The van der Waals surface area contributed by atoms with Crippen LogP contribution in [-0.2, 0) is 6.54 Å². The molecule has 4 nitrogen and oxygen atoms in total. The second kappa shape index (κ2) is 6.06. The van der Waals surface area contributed by atoms with Gasteiger partial charge >= 0.3 is 5.97 Å². The van der Waals surface area contributed by atoms with Crippen molar-refractivity contribution in [3.8, 4) is 5.75 Å². The van der Waals surface area contributed by atoms with Crippen molar-refractivity contribution in [3.63, 3.8) is 0 Å². The highest BCUT2D eigenvalue weighted by Crippen LogP contribution is 2.34. The minimum atomic E-state index is -0.926. The summed E-state index contributed by atoms with van der Waals surface area (Å²) in [5, 5.41) is 9.27. The molecule has 1 aromatic carbocycles. The van der Waals surface area contributed by atoms with Gasteiger partial charge in [-0.15, -0.1) is 0 Å². The minimum Gasteiger partial charge on any atom is -0.496 e. The average molecular weight is 289 g/mol. The number of nitrogens with zero attached hydrogens (tertiary/aromatic N) is 1. The summed E-state index contributed by atoms with van der Waals surface area (Å²) in [5.41, 5.74) is 1.32. The smallest absolute Gasteiger partial charge is 0.339 e. The lowest BCUT2D eigenvalue weighted by Gasteiger charge is -2.22. The lowest BCUT2D eigenvalue weighted by molar-refractivity contribution is 0.0693. The van der Waals surface area contributed by atoms with Crippen LogP contribution in [0.15, 0.2) is 18.2 Å². The Morgan fingerprint density at radius 1 is 1.24 bits per heavy atom. The predicted octanol–water partition coefficient (Wildman–Crippen LogP) is 3.02. The SMILES string of the molecule is COc1ccc(CN(CC2CC2)CC2CC2)cc1C(=O)O. The van der Waals surface area contributed by atoms with E-state index in [0.29, 0.717) is 5.75 Å². The monoisotopic (exact) mass is 289 g/mol. The molecule has 0 aromatic heterocycles. The topological polar surface area (TPSA) is 49.8 Å². The molecule has 0 saturated heterocycles. The van der Waals surface area contributed by atoms with Crippen LogP contribution < -0.4 is 4.74 Å².